The summed E-state index contributed by atoms with van der Waals surface area (Å²) in [5.41, 5.74) is 7.82. The van der Waals surface area contributed by atoms with Crippen molar-refractivity contribution in [2.24, 2.45) is 0 Å². The van der Waals surface area contributed by atoms with Gasteiger partial charge in [0.2, 0.25) is 0 Å². The number of anilines is 1. The first-order valence-corrected chi connectivity index (χ1v) is 6.17. The van der Waals surface area contributed by atoms with Crippen molar-refractivity contribution in [3.05, 3.63) is 24.0 Å². The Morgan fingerprint density at radius 1 is 1.47 bits per heavy atom. The van der Waals surface area contributed by atoms with E-state index < -0.39 is 0 Å². The van der Waals surface area contributed by atoms with Crippen LogP contribution in [-0.2, 0) is 11.2 Å². The topological polar surface area (TPSA) is 60.2 Å². The molecule has 1 rings (SSSR count). The van der Waals surface area contributed by atoms with Crippen LogP contribution in [0.15, 0.2) is 18.5 Å². The minimum atomic E-state index is 0.203. The molecule has 0 aliphatic rings. The molecule has 0 saturated heterocycles. The summed E-state index contributed by atoms with van der Waals surface area (Å²) in [5, 5.41) is 3.45. The molecule has 1 heterocycles. The first kappa shape index (κ1) is 13.9. The predicted molar refractivity (Wildman–Crippen MR) is 70.9 cm³/mol. The third kappa shape index (κ3) is 3.98. The van der Waals surface area contributed by atoms with E-state index in [2.05, 4.69) is 24.1 Å². The molecule has 0 fully saturated rings. The van der Waals surface area contributed by atoms with E-state index in [4.69, 9.17) is 10.5 Å². The van der Waals surface area contributed by atoms with Gasteiger partial charge in [-0.25, -0.2) is 0 Å². The number of nitrogens with two attached hydrogens (primary N) is 1. The van der Waals surface area contributed by atoms with Crippen LogP contribution in [0, 0.1) is 0 Å². The van der Waals surface area contributed by atoms with E-state index in [9.17, 15) is 0 Å². The summed E-state index contributed by atoms with van der Waals surface area (Å²) < 4.78 is 5.50. The highest BCUT2D eigenvalue weighted by Crippen LogP contribution is 2.15. The van der Waals surface area contributed by atoms with Crippen LogP contribution in [0.3, 0.4) is 0 Å². The van der Waals surface area contributed by atoms with Crippen LogP contribution < -0.4 is 11.1 Å². The predicted octanol–water partition coefficient (Wildman–Crippen LogP) is 1.61. The van der Waals surface area contributed by atoms with E-state index in [0.717, 1.165) is 30.6 Å². The molecule has 3 N–H and O–H groups in total. The number of rotatable bonds is 7. The zero-order chi connectivity index (χ0) is 12.7. The number of ether oxygens (including phenoxy) is 1. The van der Waals surface area contributed by atoms with E-state index in [-0.39, 0.29) is 12.1 Å². The van der Waals surface area contributed by atoms with E-state index in [1.54, 1.807) is 13.3 Å². The van der Waals surface area contributed by atoms with Crippen LogP contribution in [0.1, 0.15) is 25.8 Å². The molecule has 0 radical (unpaired) electrons. The largest absolute Gasteiger partial charge is 0.398 e. The van der Waals surface area contributed by atoms with Crippen molar-refractivity contribution < 1.29 is 4.74 Å². The van der Waals surface area contributed by atoms with Crippen LogP contribution in [0.25, 0.3) is 0 Å². The Morgan fingerprint density at radius 3 is 2.76 bits per heavy atom. The smallest absolute Gasteiger partial charge is 0.0724 e. The van der Waals surface area contributed by atoms with Gasteiger partial charge in [-0.2, -0.15) is 0 Å². The number of likely N-dealkylation sites (N-methyl/N-ethyl adjacent to an activating group) is 1. The first-order chi connectivity index (χ1) is 8.22. The van der Waals surface area contributed by atoms with Gasteiger partial charge in [0, 0.05) is 31.2 Å². The molecule has 0 bridgehead atoms. The fraction of sp³-hybridized carbons (Fsp3) is 0.615. The lowest BCUT2D eigenvalue weighted by Crippen LogP contribution is -2.42. The minimum absolute atomic E-state index is 0.203. The molecular formula is C13H23N3O. The third-order valence-electron chi connectivity index (χ3n) is 3.00. The summed E-state index contributed by atoms with van der Waals surface area (Å²) in [4.78, 5) is 4.12. The minimum Gasteiger partial charge on any atom is -0.398 e. The summed E-state index contributed by atoms with van der Waals surface area (Å²) in [5.74, 6) is 0. The summed E-state index contributed by atoms with van der Waals surface area (Å²) >= 11 is 0. The second-order valence-corrected chi connectivity index (χ2v) is 4.13. The molecule has 0 spiro atoms. The van der Waals surface area contributed by atoms with Gasteiger partial charge in [0.15, 0.2) is 0 Å². The number of pyridine rings is 1. The monoisotopic (exact) mass is 237 g/mol. The standard InChI is InChI=1S/C13H23N3O/c1-4-13(17-3)12(16-5-2)8-10-9-15-7-6-11(10)14/h6-7,9,12-13,16H,4-5,8H2,1-3H3,(H2,14,15). The van der Waals surface area contributed by atoms with E-state index in [1.807, 2.05) is 12.3 Å². The number of hydrogen-bond donors (Lipinski definition) is 2. The van der Waals surface area contributed by atoms with Gasteiger partial charge in [0.25, 0.3) is 0 Å². The SMILES string of the molecule is CCNC(Cc1cnccc1N)C(CC)OC. The molecule has 0 aromatic carbocycles. The second kappa shape index (κ2) is 7.25. The maximum atomic E-state index is 5.94. The zero-order valence-corrected chi connectivity index (χ0v) is 10.9. The van der Waals surface area contributed by atoms with Gasteiger partial charge in [-0.1, -0.05) is 13.8 Å². The molecule has 0 saturated carbocycles. The van der Waals surface area contributed by atoms with Crippen LogP contribution in [-0.4, -0.2) is 30.8 Å². The number of nitrogens with one attached hydrogen (secondary N) is 1. The lowest BCUT2D eigenvalue weighted by atomic mass is 9.99. The highest BCUT2D eigenvalue weighted by Gasteiger charge is 2.19. The van der Waals surface area contributed by atoms with Crippen LogP contribution >= 0.6 is 0 Å². The number of hydrogen-bond acceptors (Lipinski definition) is 4. The molecule has 1 aromatic heterocycles. The molecule has 17 heavy (non-hydrogen) atoms. The molecule has 0 aliphatic heterocycles. The fourth-order valence-electron chi connectivity index (χ4n) is 2.06. The second-order valence-electron chi connectivity index (χ2n) is 4.13. The Labute approximate surface area is 104 Å². The maximum Gasteiger partial charge on any atom is 0.0724 e. The molecule has 4 nitrogen and oxygen atoms in total. The molecule has 2 atom stereocenters. The molecular weight excluding hydrogens is 214 g/mol. The van der Waals surface area contributed by atoms with Crippen LogP contribution in [0.4, 0.5) is 5.69 Å². The molecule has 2 unspecified atom stereocenters. The van der Waals surface area contributed by atoms with Crippen molar-refractivity contribution in [2.75, 3.05) is 19.4 Å². The maximum absolute atomic E-state index is 5.94. The Kier molecular flexibility index (Phi) is 5.94. The van der Waals surface area contributed by atoms with E-state index in [0.29, 0.717) is 0 Å². The van der Waals surface area contributed by atoms with Crippen molar-refractivity contribution in [3.63, 3.8) is 0 Å². The lowest BCUT2D eigenvalue weighted by molar-refractivity contribution is 0.0659. The summed E-state index contributed by atoms with van der Waals surface area (Å²) in [6, 6.07) is 2.12. The van der Waals surface area contributed by atoms with Gasteiger partial charge in [-0.15, -0.1) is 0 Å². The van der Waals surface area contributed by atoms with Gasteiger partial charge in [0.1, 0.15) is 0 Å². The quantitative estimate of drug-likeness (QED) is 0.756. The van der Waals surface area contributed by atoms with Crippen molar-refractivity contribution in [2.45, 2.75) is 38.8 Å². The van der Waals surface area contributed by atoms with Crippen LogP contribution in [0.5, 0.6) is 0 Å². The normalized spacial score (nSPS) is 14.5. The Balaban J connectivity index is 2.75. The Morgan fingerprint density at radius 2 is 2.24 bits per heavy atom. The van der Waals surface area contributed by atoms with E-state index >= 15 is 0 Å². The number of aromatic nitrogens is 1. The molecule has 1 aromatic rings. The zero-order valence-electron chi connectivity index (χ0n) is 10.9. The van der Waals surface area contributed by atoms with E-state index in [1.165, 1.54) is 0 Å². The number of nitrogen functional groups attached to an aromatic ring is 1. The number of nitrogens with zero attached hydrogens (tertiary/aromatic N) is 1. The van der Waals surface area contributed by atoms with Crippen molar-refractivity contribution in [1.29, 1.82) is 0 Å². The highest BCUT2D eigenvalue weighted by atomic mass is 16.5. The summed E-state index contributed by atoms with van der Waals surface area (Å²) in [6.45, 7) is 5.15. The lowest BCUT2D eigenvalue weighted by Gasteiger charge is -2.26. The van der Waals surface area contributed by atoms with Crippen molar-refractivity contribution in [3.8, 4) is 0 Å². The first-order valence-electron chi connectivity index (χ1n) is 6.17. The van der Waals surface area contributed by atoms with Gasteiger partial charge < -0.3 is 15.8 Å². The van der Waals surface area contributed by atoms with Crippen molar-refractivity contribution >= 4 is 5.69 Å². The highest BCUT2D eigenvalue weighted by molar-refractivity contribution is 5.44. The molecule has 0 amide bonds. The average molecular weight is 237 g/mol. The van der Waals surface area contributed by atoms with Crippen LogP contribution in [0.2, 0.25) is 0 Å². The average Bonchev–Trinajstić information content (AvgIpc) is 2.34. The van der Waals surface area contributed by atoms with Gasteiger partial charge >= 0.3 is 0 Å². The van der Waals surface area contributed by atoms with Gasteiger partial charge in [-0.3, -0.25) is 4.98 Å². The van der Waals surface area contributed by atoms with Crippen molar-refractivity contribution in [1.82, 2.24) is 10.3 Å². The molecule has 0 aliphatic carbocycles. The van der Waals surface area contributed by atoms with Gasteiger partial charge in [-0.05, 0) is 31.0 Å². The number of methoxy groups -OCH3 is 1. The molecule has 96 valence electrons. The summed E-state index contributed by atoms with van der Waals surface area (Å²) in [7, 11) is 1.76. The Hall–Kier alpha value is -1.13. The fourth-order valence-corrected chi connectivity index (χ4v) is 2.06. The van der Waals surface area contributed by atoms with Gasteiger partial charge in [0.05, 0.1) is 6.10 Å². The molecule has 4 heteroatoms. The Bertz CT molecular complexity index is 326. The third-order valence-corrected chi connectivity index (χ3v) is 3.00. The summed E-state index contributed by atoms with van der Waals surface area (Å²) in [6.07, 6.45) is 5.58.